The van der Waals surface area contributed by atoms with Crippen molar-refractivity contribution in [2.45, 2.75) is 64.2 Å². The smallest absolute Gasteiger partial charge is 0.131 e. The van der Waals surface area contributed by atoms with Crippen LogP contribution in [-0.2, 0) is 15.8 Å². The van der Waals surface area contributed by atoms with Gasteiger partial charge in [0.25, 0.3) is 0 Å². The number of carbonyl (C=O) groups is 1. The molecule has 0 aromatic heterocycles. The Hall–Kier alpha value is 0.260. The Morgan fingerprint density at radius 2 is 1.94 bits per heavy atom. The predicted molar refractivity (Wildman–Crippen MR) is 77.8 cm³/mol. The summed E-state index contributed by atoms with van der Waals surface area (Å²) in [4.78, 5) is 11.2. The minimum Gasteiger partial charge on any atom is -0.300 e. The maximum absolute atomic E-state index is 12.0. The predicted octanol–water partition coefficient (Wildman–Crippen LogP) is 2.95. The number of unbranched alkanes of at least 4 members (excludes halogenated alkanes) is 1. The Morgan fingerprint density at radius 3 is 2.35 bits per heavy atom. The van der Waals surface area contributed by atoms with E-state index >= 15 is 0 Å². The molecule has 17 heavy (non-hydrogen) atoms. The average Bonchev–Trinajstić information content (AvgIpc) is 2.15. The van der Waals surface area contributed by atoms with E-state index in [1.165, 1.54) is 0 Å². The van der Waals surface area contributed by atoms with Crippen LogP contribution < -0.4 is 4.72 Å². The van der Waals surface area contributed by atoms with Gasteiger partial charge in [-0.3, -0.25) is 4.79 Å². The van der Waals surface area contributed by atoms with E-state index in [0.717, 1.165) is 24.6 Å². The number of alkyl halides is 1. The van der Waals surface area contributed by atoms with Crippen molar-refractivity contribution in [2.75, 3.05) is 5.33 Å². The van der Waals surface area contributed by atoms with Crippen molar-refractivity contribution in [1.29, 1.82) is 0 Å². The molecule has 0 aliphatic rings. The summed E-state index contributed by atoms with van der Waals surface area (Å²) in [5.74, 6) is 0.146. The van der Waals surface area contributed by atoms with Gasteiger partial charge in [0.05, 0.1) is 15.7 Å². The van der Waals surface area contributed by atoms with Crippen LogP contribution in [0.2, 0.25) is 0 Å². The topological polar surface area (TPSA) is 46.2 Å². The average molecular weight is 326 g/mol. The molecule has 0 aliphatic heterocycles. The maximum Gasteiger partial charge on any atom is 0.131 e. The highest BCUT2D eigenvalue weighted by Crippen LogP contribution is 2.13. The SMILES string of the molecule is CC(=O)C[C@@H](CCCCBr)NS(=O)C(C)(C)C. The van der Waals surface area contributed by atoms with E-state index in [1.807, 2.05) is 20.8 Å². The van der Waals surface area contributed by atoms with Crippen LogP contribution in [0, 0.1) is 0 Å². The third-order valence-corrected chi connectivity index (χ3v) is 4.52. The molecular weight excluding hydrogens is 302 g/mol. The molecule has 0 radical (unpaired) electrons. The Kier molecular flexibility index (Phi) is 8.51. The lowest BCUT2D eigenvalue weighted by Crippen LogP contribution is -2.40. The van der Waals surface area contributed by atoms with Crippen LogP contribution in [0.5, 0.6) is 0 Å². The number of hydrogen-bond acceptors (Lipinski definition) is 2. The number of hydrogen-bond donors (Lipinski definition) is 1. The van der Waals surface area contributed by atoms with Gasteiger partial charge in [0.15, 0.2) is 0 Å². The van der Waals surface area contributed by atoms with Crippen molar-refractivity contribution in [1.82, 2.24) is 4.72 Å². The molecule has 3 nitrogen and oxygen atoms in total. The Morgan fingerprint density at radius 1 is 1.35 bits per heavy atom. The van der Waals surface area contributed by atoms with Crippen molar-refractivity contribution < 1.29 is 9.00 Å². The number of Topliss-reactive ketones (excluding diaryl/α,β-unsaturated/α-hetero) is 1. The lowest BCUT2D eigenvalue weighted by atomic mass is 10.1. The molecule has 102 valence electrons. The lowest BCUT2D eigenvalue weighted by molar-refractivity contribution is -0.117. The second-order valence-corrected chi connectivity index (χ2v) is 8.08. The van der Waals surface area contributed by atoms with Crippen molar-refractivity contribution in [2.24, 2.45) is 0 Å². The summed E-state index contributed by atoms with van der Waals surface area (Å²) in [6, 6.07) is 0.0339. The van der Waals surface area contributed by atoms with Crippen molar-refractivity contribution in [3.63, 3.8) is 0 Å². The zero-order valence-electron chi connectivity index (χ0n) is 11.2. The molecule has 2 atom stereocenters. The fourth-order valence-corrected chi connectivity index (χ4v) is 2.62. The summed E-state index contributed by atoms with van der Waals surface area (Å²) >= 11 is 3.39. The van der Waals surface area contributed by atoms with Gasteiger partial charge in [0.2, 0.25) is 0 Å². The highest BCUT2D eigenvalue weighted by atomic mass is 79.9. The van der Waals surface area contributed by atoms with E-state index in [4.69, 9.17) is 0 Å². The summed E-state index contributed by atoms with van der Waals surface area (Å²) in [7, 11) is -1.10. The molecule has 5 heteroatoms. The van der Waals surface area contributed by atoms with E-state index < -0.39 is 11.0 Å². The van der Waals surface area contributed by atoms with Crippen molar-refractivity contribution in [3.05, 3.63) is 0 Å². The molecule has 0 aliphatic carbocycles. The number of halogens is 1. The van der Waals surface area contributed by atoms with Gasteiger partial charge in [0, 0.05) is 17.8 Å². The molecule has 0 rings (SSSR count). The molecular formula is C12H24BrNO2S. The van der Waals surface area contributed by atoms with Gasteiger partial charge < -0.3 is 0 Å². The van der Waals surface area contributed by atoms with E-state index in [2.05, 4.69) is 20.7 Å². The first kappa shape index (κ1) is 17.3. The van der Waals surface area contributed by atoms with E-state index in [9.17, 15) is 9.00 Å². The second-order valence-electron chi connectivity index (χ2n) is 5.29. The molecule has 1 unspecified atom stereocenters. The van der Waals surface area contributed by atoms with Gasteiger partial charge in [-0.05, 0) is 40.5 Å². The first-order valence-electron chi connectivity index (χ1n) is 6.01. The van der Waals surface area contributed by atoms with Gasteiger partial charge in [0.1, 0.15) is 5.78 Å². The van der Waals surface area contributed by atoms with Crippen molar-refractivity contribution in [3.8, 4) is 0 Å². The van der Waals surface area contributed by atoms with E-state index in [-0.39, 0.29) is 16.6 Å². The third kappa shape index (κ3) is 8.91. The standard InChI is InChI=1S/C12H24BrNO2S/c1-10(15)9-11(7-5-6-8-13)14-17(16)12(2,3)4/h11,14H,5-9H2,1-4H3/t11-,17?/m1/s1. The Balaban J connectivity index is 4.27. The fraction of sp³-hybridized carbons (Fsp3) is 0.917. The summed E-state index contributed by atoms with van der Waals surface area (Å²) in [5, 5.41) is 0.974. The second kappa shape index (κ2) is 8.38. The van der Waals surface area contributed by atoms with Gasteiger partial charge in [-0.25, -0.2) is 8.93 Å². The Bertz CT molecular complexity index is 264. The first-order valence-corrected chi connectivity index (χ1v) is 8.28. The van der Waals surface area contributed by atoms with Crippen LogP contribution >= 0.6 is 15.9 Å². The largest absolute Gasteiger partial charge is 0.300 e. The third-order valence-electron chi connectivity index (χ3n) is 2.30. The van der Waals surface area contributed by atoms with Gasteiger partial charge in [-0.15, -0.1) is 0 Å². The minimum absolute atomic E-state index is 0.0339. The van der Waals surface area contributed by atoms with Crippen LogP contribution in [0.25, 0.3) is 0 Å². The summed E-state index contributed by atoms with van der Waals surface area (Å²) in [5.41, 5.74) is 0. The quantitative estimate of drug-likeness (QED) is 0.551. The van der Waals surface area contributed by atoms with Crippen LogP contribution in [-0.4, -0.2) is 26.1 Å². The first-order chi connectivity index (χ1) is 7.77. The molecule has 1 N–H and O–H groups in total. The van der Waals surface area contributed by atoms with Crippen molar-refractivity contribution >= 4 is 32.7 Å². The van der Waals surface area contributed by atoms with Crippen LogP contribution in [0.1, 0.15) is 53.4 Å². The molecule has 0 fully saturated rings. The van der Waals surface area contributed by atoms with E-state index in [0.29, 0.717) is 6.42 Å². The fourth-order valence-electron chi connectivity index (χ4n) is 1.36. The lowest BCUT2D eigenvalue weighted by Gasteiger charge is -2.23. The molecule has 0 heterocycles. The van der Waals surface area contributed by atoms with Gasteiger partial charge in [-0.1, -0.05) is 22.4 Å². The molecule has 0 aromatic rings. The molecule has 0 saturated heterocycles. The molecule has 0 aromatic carbocycles. The zero-order valence-corrected chi connectivity index (χ0v) is 13.6. The highest BCUT2D eigenvalue weighted by molar-refractivity contribution is 9.09. The normalized spacial score (nSPS) is 15.6. The Labute approximate surface area is 116 Å². The maximum atomic E-state index is 12.0. The highest BCUT2D eigenvalue weighted by Gasteiger charge is 2.23. The monoisotopic (exact) mass is 325 g/mol. The van der Waals surface area contributed by atoms with Gasteiger partial charge in [-0.2, -0.15) is 0 Å². The number of rotatable bonds is 8. The van der Waals surface area contributed by atoms with Crippen LogP contribution in [0.15, 0.2) is 0 Å². The number of ketones is 1. The summed E-state index contributed by atoms with van der Waals surface area (Å²) in [6.45, 7) is 7.37. The minimum atomic E-state index is -1.10. The van der Waals surface area contributed by atoms with Crippen LogP contribution in [0.3, 0.4) is 0 Å². The molecule has 0 bridgehead atoms. The molecule has 0 saturated carbocycles. The summed E-state index contributed by atoms with van der Waals surface area (Å²) in [6.07, 6.45) is 3.48. The number of nitrogens with one attached hydrogen (secondary N) is 1. The van der Waals surface area contributed by atoms with Gasteiger partial charge >= 0.3 is 0 Å². The number of carbonyl (C=O) groups excluding carboxylic acids is 1. The molecule has 0 spiro atoms. The zero-order chi connectivity index (χ0) is 13.5. The van der Waals surface area contributed by atoms with E-state index in [1.54, 1.807) is 6.92 Å². The van der Waals surface area contributed by atoms with Crippen LogP contribution in [0.4, 0.5) is 0 Å². The molecule has 0 amide bonds. The summed E-state index contributed by atoms with van der Waals surface area (Å²) < 4.78 is 14.8.